The van der Waals surface area contributed by atoms with Gasteiger partial charge in [-0.25, -0.2) is 0 Å². The Kier molecular flexibility index (Phi) is 11.2. The molecule has 23 heavy (non-hydrogen) atoms. The third kappa shape index (κ3) is 8.03. The Balaban J connectivity index is 0.00000264. The molecule has 2 rings (SSSR count). The van der Waals surface area contributed by atoms with Crippen molar-refractivity contribution in [3.05, 3.63) is 0 Å². The summed E-state index contributed by atoms with van der Waals surface area (Å²) in [6, 6.07) is 0.802. The summed E-state index contributed by atoms with van der Waals surface area (Å²) in [4.78, 5) is 9.38. The van der Waals surface area contributed by atoms with E-state index in [-0.39, 0.29) is 24.0 Å². The van der Waals surface area contributed by atoms with Crippen LogP contribution in [0.1, 0.15) is 44.9 Å². The van der Waals surface area contributed by atoms with Crippen molar-refractivity contribution in [2.45, 2.75) is 51.0 Å². The fourth-order valence-electron chi connectivity index (χ4n) is 3.61. The average molecular weight is 437 g/mol. The van der Waals surface area contributed by atoms with Crippen LogP contribution in [-0.2, 0) is 0 Å². The summed E-state index contributed by atoms with van der Waals surface area (Å²) in [5, 5.41) is 6.88. The molecular formula is C17H36IN5. The number of piperidine rings is 1. The van der Waals surface area contributed by atoms with Crippen LogP contribution < -0.4 is 10.6 Å². The molecule has 0 unspecified atom stereocenters. The van der Waals surface area contributed by atoms with Crippen LogP contribution in [0.15, 0.2) is 4.99 Å². The van der Waals surface area contributed by atoms with Crippen molar-refractivity contribution < 1.29 is 0 Å². The number of nitrogens with one attached hydrogen (secondary N) is 2. The SMILES string of the molecule is CN=C(NCCN1CCCCC1)NCCN(C)C1CCCC1.I. The molecule has 5 nitrogen and oxygen atoms in total. The molecule has 1 saturated carbocycles. The van der Waals surface area contributed by atoms with Crippen LogP contribution in [0.2, 0.25) is 0 Å². The maximum Gasteiger partial charge on any atom is 0.191 e. The van der Waals surface area contributed by atoms with E-state index in [0.29, 0.717) is 0 Å². The first-order valence-electron chi connectivity index (χ1n) is 9.16. The standard InChI is InChI=1S/C17H35N5.HI/c1-18-17(20-11-15-22-12-6-3-7-13-22)19-10-14-21(2)16-8-4-5-9-16;/h16H,3-15H2,1-2H3,(H2,18,19,20);1H. The van der Waals surface area contributed by atoms with Gasteiger partial charge in [-0.1, -0.05) is 19.3 Å². The normalized spacial score (nSPS) is 20.6. The zero-order valence-electron chi connectivity index (χ0n) is 15.0. The van der Waals surface area contributed by atoms with Crippen LogP contribution in [0, 0.1) is 0 Å². The second-order valence-electron chi connectivity index (χ2n) is 6.75. The van der Waals surface area contributed by atoms with E-state index in [1.807, 2.05) is 7.05 Å². The summed E-state index contributed by atoms with van der Waals surface area (Å²) in [5.41, 5.74) is 0. The number of hydrogen-bond donors (Lipinski definition) is 2. The quantitative estimate of drug-likeness (QED) is 0.364. The molecule has 0 aromatic rings. The second-order valence-corrected chi connectivity index (χ2v) is 6.75. The Morgan fingerprint density at radius 3 is 2.35 bits per heavy atom. The zero-order valence-corrected chi connectivity index (χ0v) is 17.3. The highest BCUT2D eigenvalue weighted by molar-refractivity contribution is 14.0. The first-order valence-corrected chi connectivity index (χ1v) is 9.16. The largest absolute Gasteiger partial charge is 0.355 e. The number of halogens is 1. The van der Waals surface area contributed by atoms with E-state index in [1.165, 1.54) is 58.0 Å². The lowest BCUT2D eigenvalue weighted by Crippen LogP contribution is -2.45. The molecule has 1 aliphatic heterocycles. The summed E-state index contributed by atoms with van der Waals surface area (Å²) >= 11 is 0. The fourth-order valence-corrected chi connectivity index (χ4v) is 3.61. The van der Waals surface area contributed by atoms with Crippen molar-refractivity contribution in [3.8, 4) is 0 Å². The minimum atomic E-state index is 0. The molecule has 0 aromatic carbocycles. The highest BCUT2D eigenvalue weighted by Gasteiger charge is 2.18. The predicted octanol–water partition coefficient (Wildman–Crippen LogP) is 2.13. The third-order valence-corrected chi connectivity index (χ3v) is 5.10. The van der Waals surface area contributed by atoms with Crippen molar-refractivity contribution in [1.82, 2.24) is 20.4 Å². The van der Waals surface area contributed by atoms with Gasteiger partial charge in [0.1, 0.15) is 0 Å². The zero-order chi connectivity index (χ0) is 15.6. The molecule has 2 N–H and O–H groups in total. The highest BCUT2D eigenvalue weighted by Crippen LogP contribution is 2.21. The molecule has 2 aliphatic rings. The lowest BCUT2D eigenvalue weighted by atomic mass is 10.1. The molecule has 2 fully saturated rings. The van der Waals surface area contributed by atoms with E-state index >= 15 is 0 Å². The summed E-state index contributed by atoms with van der Waals surface area (Å²) in [7, 11) is 4.11. The molecule has 0 amide bonds. The van der Waals surface area contributed by atoms with Crippen molar-refractivity contribution in [2.24, 2.45) is 4.99 Å². The van der Waals surface area contributed by atoms with Crippen LogP contribution in [0.4, 0.5) is 0 Å². The monoisotopic (exact) mass is 437 g/mol. The number of likely N-dealkylation sites (tertiary alicyclic amines) is 1. The highest BCUT2D eigenvalue weighted by atomic mass is 127. The van der Waals surface area contributed by atoms with Crippen LogP contribution in [0.3, 0.4) is 0 Å². The molecule has 1 heterocycles. The van der Waals surface area contributed by atoms with Crippen LogP contribution in [0.5, 0.6) is 0 Å². The van der Waals surface area contributed by atoms with Gasteiger partial charge in [0.25, 0.3) is 0 Å². The van der Waals surface area contributed by atoms with Gasteiger partial charge in [-0.15, -0.1) is 24.0 Å². The first-order chi connectivity index (χ1) is 10.8. The molecule has 0 aromatic heterocycles. The Morgan fingerprint density at radius 1 is 1.04 bits per heavy atom. The van der Waals surface area contributed by atoms with E-state index < -0.39 is 0 Å². The summed E-state index contributed by atoms with van der Waals surface area (Å²) < 4.78 is 0. The molecule has 136 valence electrons. The second kappa shape index (κ2) is 12.3. The maximum absolute atomic E-state index is 4.32. The number of aliphatic imine (C=N–C) groups is 1. The molecular weight excluding hydrogens is 401 g/mol. The number of guanidine groups is 1. The predicted molar refractivity (Wildman–Crippen MR) is 110 cm³/mol. The molecule has 0 spiro atoms. The minimum absolute atomic E-state index is 0. The average Bonchev–Trinajstić information content (AvgIpc) is 3.09. The Morgan fingerprint density at radius 2 is 1.70 bits per heavy atom. The lowest BCUT2D eigenvalue weighted by Gasteiger charge is -2.27. The molecule has 0 atom stereocenters. The van der Waals surface area contributed by atoms with Gasteiger partial charge in [0.05, 0.1) is 0 Å². The van der Waals surface area contributed by atoms with Gasteiger partial charge in [-0.3, -0.25) is 4.99 Å². The van der Waals surface area contributed by atoms with E-state index in [0.717, 1.165) is 38.2 Å². The lowest BCUT2D eigenvalue weighted by molar-refractivity contribution is 0.232. The topological polar surface area (TPSA) is 42.9 Å². The van der Waals surface area contributed by atoms with E-state index in [9.17, 15) is 0 Å². The number of nitrogens with zero attached hydrogens (tertiary/aromatic N) is 3. The Bertz CT molecular complexity index is 325. The minimum Gasteiger partial charge on any atom is -0.355 e. The van der Waals surface area contributed by atoms with Crippen LogP contribution in [0.25, 0.3) is 0 Å². The van der Waals surface area contributed by atoms with Gasteiger partial charge in [-0.2, -0.15) is 0 Å². The molecule has 0 radical (unpaired) electrons. The van der Waals surface area contributed by atoms with Gasteiger partial charge >= 0.3 is 0 Å². The maximum atomic E-state index is 4.32. The number of rotatable bonds is 7. The Hall–Kier alpha value is -0.0800. The van der Waals surface area contributed by atoms with E-state index in [4.69, 9.17) is 0 Å². The molecule has 6 heteroatoms. The third-order valence-electron chi connectivity index (χ3n) is 5.10. The van der Waals surface area contributed by atoms with Crippen molar-refractivity contribution in [2.75, 3.05) is 53.4 Å². The van der Waals surface area contributed by atoms with Gasteiger partial charge in [-0.05, 0) is 45.8 Å². The Labute approximate surface area is 159 Å². The van der Waals surface area contributed by atoms with Crippen molar-refractivity contribution in [1.29, 1.82) is 0 Å². The van der Waals surface area contributed by atoms with E-state index in [2.05, 4.69) is 32.5 Å². The van der Waals surface area contributed by atoms with Crippen LogP contribution in [-0.4, -0.2) is 75.2 Å². The van der Waals surface area contributed by atoms with Gasteiger partial charge in [0.15, 0.2) is 5.96 Å². The van der Waals surface area contributed by atoms with Crippen molar-refractivity contribution >= 4 is 29.9 Å². The first kappa shape index (κ1) is 21.0. The van der Waals surface area contributed by atoms with Crippen LogP contribution >= 0.6 is 24.0 Å². The summed E-state index contributed by atoms with van der Waals surface area (Å²) in [6.45, 7) is 6.70. The molecule has 0 bridgehead atoms. The van der Waals surface area contributed by atoms with Gasteiger partial charge < -0.3 is 20.4 Å². The summed E-state index contributed by atoms with van der Waals surface area (Å²) in [6.07, 6.45) is 9.69. The molecule has 1 saturated heterocycles. The molecule has 1 aliphatic carbocycles. The van der Waals surface area contributed by atoms with Crippen molar-refractivity contribution in [3.63, 3.8) is 0 Å². The number of hydrogen-bond acceptors (Lipinski definition) is 3. The summed E-state index contributed by atoms with van der Waals surface area (Å²) in [5.74, 6) is 0.942. The van der Waals surface area contributed by atoms with E-state index in [1.54, 1.807) is 0 Å². The van der Waals surface area contributed by atoms with Gasteiger partial charge in [0, 0.05) is 39.3 Å². The van der Waals surface area contributed by atoms with Gasteiger partial charge in [0.2, 0.25) is 0 Å². The fraction of sp³-hybridized carbons (Fsp3) is 0.941. The smallest absolute Gasteiger partial charge is 0.191 e. The number of likely N-dealkylation sites (N-methyl/N-ethyl adjacent to an activating group) is 1.